The van der Waals surface area contributed by atoms with Crippen LogP contribution in [0.15, 0.2) is 18.6 Å². The van der Waals surface area contributed by atoms with E-state index in [-0.39, 0.29) is 12.0 Å². The van der Waals surface area contributed by atoms with Crippen molar-refractivity contribution in [1.29, 1.82) is 0 Å². The van der Waals surface area contributed by atoms with Crippen LogP contribution in [0.5, 0.6) is 0 Å². The van der Waals surface area contributed by atoms with E-state index in [0.717, 1.165) is 11.5 Å². The van der Waals surface area contributed by atoms with Crippen LogP contribution in [0, 0.1) is 0 Å². The number of hydrogen-bond donors (Lipinski definition) is 1. The number of ether oxygens (including phenoxy) is 1. The molecule has 1 fully saturated rings. The Morgan fingerprint density at radius 3 is 3.13 bits per heavy atom. The predicted molar refractivity (Wildman–Crippen MR) is 52.3 cm³/mol. The first kappa shape index (κ1) is 8.75. The van der Waals surface area contributed by atoms with Crippen LogP contribution in [0.25, 0.3) is 5.65 Å². The molecule has 0 saturated carbocycles. The standard InChI is InChI=1S/C9H11N5O/c10-7-4-15-3-6(7)9-13-12-8-1-2-11-5-14(8)9/h1-2,5-7H,3-4,10H2. The Morgan fingerprint density at radius 2 is 2.33 bits per heavy atom. The minimum Gasteiger partial charge on any atom is -0.379 e. The minimum atomic E-state index is -0.00222. The van der Waals surface area contributed by atoms with Crippen LogP contribution >= 0.6 is 0 Å². The molecule has 0 aromatic carbocycles. The van der Waals surface area contributed by atoms with Gasteiger partial charge in [-0.3, -0.25) is 4.40 Å². The maximum atomic E-state index is 5.93. The highest BCUT2D eigenvalue weighted by atomic mass is 16.5. The second-order valence-corrected chi connectivity index (χ2v) is 3.67. The summed E-state index contributed by atoms with van der Waals surface area (Å²) >= 11 is 0. The lowest BCUT2D eigenvalue weighted by molar-refractivity contribution is 0.190. The second-order valence-electron chi connectivity index (χ2n) is 3.67. The molecule has 3 rings (SSSR count). The number of rotatable bonds is 1. The summed E-state index contributed by atoms with van der Waals surface area (Å²) in [6, 6.07) is 1.82. The van der Waals surface area contributed by atoms with Crippen LogP contribution in [0.3, 0.4) is 0 Å². The van der Waals surface area contributed by atoms with Crippen LogP contribution in [-0.4, -0.2) is 38.8 Å². The van der Waals surface area contributed by atoms with Gasteiger partial charge in [0.15, 0.2) is 5.65 Å². The van der Waals surface area contributed by atoms with E-state index in [9.17, 15) is 0 Å². The Kier molecular flexibility index (Phi) is 1.90. The van der Waals surface area contributed by atoms with Gasteiger partial charge in [-0.15, -0.1) is 10.2 Å². The van der Waals surface area contributed by atoms with Crippen LogP contribution < -0.4 is 5.73 Å². The van der Waals surface area contributed by atoms with Gasteiger partial charge in [-0.2, -0.15) is 0 Å². The lowest BCUT2D eigenvalue weighted by Crippen LogP contribution is -2.28. The lowest BCUT2D eigenvalue weighted by atomic mass is 10.0. The molecular weight excluding hydrogens is 194 g/mol. The fourth-order valence-electron chi connectivity index (χ4n) is 1.85. The molecule has 0 aliphatic carbocycles. The van der Waals surface area contributed by atoms with Gasteiger partial charge in [0.25, 0.3) is 0 Å². The third-order valence-electron chi connectivity index (χ3n) is 2.70. The van der Waals surface area contributed by atoms with Gasteiger partial charge < -0.3 is 10.5 Å². The van der Waals surface area contributed by atoms with E-state index in [2.05, 4.69) is 15.2 Å². The summed E-state index contributed by atoms with van der Waals surface area (Å²) in [7, 11) is 0. The summed E-state index contributed by atoms with van der Waals surface area (Å²) < 4.78 is 7.18. The summed E-state index contributed by atoms with van der Waals surface area (Å²) in [6.45, 7) is 1.19. The molecule has 0 bridgehead atoms. The van der Waals surface area contributed by atoms with Crippen molar-refractivity contribution in [2.45, 2.75) is 12.0 Å². The number of hydrogen-bond acceptors (Lipinski definition) is 5. The first-order chi connectivity index (χ1) is 7.36. The van der Waals surface area contributed by atoms with Crippen LogP contribution in [-0.2, 0) is 4.74 Å². The zero-order chi connectivity index (χ0) is 10.3. The average Bonchev–Trinajstić information content (AvgIpc) is 2.83. The third kappa shape index (κ3) is 1.30. The van der Waals surface area contributed by atoms with Gasteiger partial charge in [-0.05, 0) is 0 Å². The summed E-state index contributed by atoms with van der Waals surface area (Å²) in [5.41, 5.74) is 6.73. The molecule has 1 aliphatic rings. The topological polar surface area (TPSA) is 78.3 Å². The van der Waals surface area contributed by atoms with Gasteiger partial charge in [-0.1, -0.05) is 0 Å². The largest absolute Gasteiger partial charge is 0.379 e. The molecule has 6 nitrogen and oxygen atoms in total. The van der Waals surface area contributed by atoms with Crippen LogP contribution in [0.1, 0.15) is 11.7 Å². The Hall–Kier alpha value is -1.53. The Balaban J connectivity index is 2.10. The molecule has 1 saturated heterocycles. The summed E-state index contributed by atoms with van der Waals surface area (Å²) in [5.74, 6) is 0.951. The van der Waals surface area contributed by atoms with Crippen molar-refractivity contribution in [3.63, 3.8) is 0 Å². The second kappa shape index (κ2) is 3.25. The quantitative estimate of drug-likeness (QED) is 0.683. The Bertz CT molecular complexity index is 482. The van der Waals surface area contributed by atoms with Crippen molar-refractivity contribution in [2.75, 3.05) is 13.2 Å². The summed E-state index contributed by atoms with van der Waals surface area (Å²) in [5, 5.41) is 8.20. The fraction of sp³-hybridized carbons (Fsp3) is 0.444. The van der Waals surface area contributed by atoms with E-state index in [4.69, 9.17) is 10.5 Å². The maximum absolute atomic E-state index is 5.93. The maximum Gasteiger partial charge on any atom is 0.163 e. The van der Waals surface area contributed by atoms with E-state index < -0.39 is 0 Å². The van der Waals surface area contributed by atoms with Gasteiger partial charge in [0.2, 0.25) is 0 Å². The van der Waals surface area contributed by atoms with E-state index in [0.29, 0.717) is 13.2 Å². The first-order valence-electron chi connectivity index (χ1n) is 4.84. The van der Waals surface area contributed by atoms with Gasteiger partial charge in [0.1, 0.15) is 12.2 Å². The van der Waals surface area contributed by atoms with Crippen molar-refractivity contribution in [3.05, 3.63) is 24.4 Å². The fourth-order valence-corrected chi connectivity index (χ4v) is 1.85. The molecule has 3 heterocycles. The highest BCUT2D eigenvalue weighted by Gasteiger charge is 2.30. The number of nitrogens with two attached hydrogens (primary N) is 1. The molecule has 2 unspecified atom stereocenters. The molecule has 2 aromatic heterocycles. The van der Waals surface area contributed by atoms with E-state index in [1.165, 1.54) is 0 Å². The molecule has 78 valence electrons. The SMILES string of the molecule is NC1COCC1c1nnc2ccncn12. The number of aromatic nitrogens is 4. The molecular formula is C9H11N5O. The highest BCUT2D eigenvalue weighted by Crippen LogP contribution is 2.22. The molecule has 2 N–H and O–H groups in total. The molecule has 0 spiro atoms. The first-order valence-corrected chi connectivity index (χ1v) is 4.84. The normalized spacial score (nSPS) is 26.2. The van der Waals surface area contributed by atoms with Crippen molar-refractivity contribution < 1.29 is 4.74 Å². The predicted octanol–water partition coefficient (Wildman–Crippen LogP) is -0.435. The van der Waals surface area contributed by atoms with Gasteiger partial charge in [0.05, 0.1) is 19.1 Å². The van der Waals surface area contributed by atoms with E-state index in [1.807, 2.05) is 10.5 Å². The van der Waals surface area contributed by atoms with Gasteiger partial charge >= 0.3 is 0 Å². The van der Waals surface area contributed by atoms with Gasteiger partial charge in [0, 0.05) is 18.3 Å². The summed E-state index contributed by atoms with van der Waals surface area (Å²) in [6.07, 6.45) is 3.40. The van der Waals surface area contributed by atoms with Crippen LogP contribution in [0.4, 0.5) is 0 Å². The number of nitrogens with zero attached hydrogens (tertiary/aromatic N) is 4. The Morgan fingerprint density at radius 1 is 1.40 bits per heavy atom. The van der Waals surface area contributed by atoms with Crippen molar-refractivity contribution in [3.8, 4) is 0 Å². The molecule has 1 aliphatic heterocycles. The Labute approximate surface area is 86.1 Å². The third-order valence-corrected chi connectivity index (χ3v) is 2.70. The smallest absolute Gasteiger partial charge is 0.163 e. The zero-order valence-corrected chi connectivity index (χ0v) is 8.08. The molecule has 0 amide bonds. The molecule has 0 radical (unpaired) electrons. The summed E-state index contributed by atoms with van der Waals surface area (Å²) in [4.78, 5) is 4.04. The number of fused-ring (bicyclic) bond motifs is 1. The lowest BCUT2D eigenvalue weighted by Gasteiger charge is -2.10. The molecule has 15 heavy (non-hydrogen) atoms. The van der Waals surface area contributed by atoms with Crippen molar-refractivity contribution in [1.82, 2.24) is 19.6 Å². The molecule has 2 aromatic rings. The van der Waals surface area contributed by atoms with Gasteiger partial charge in [-0.25, -0.2) is 4.98 Å². The van der Waals surface area contributed by atoms with Crippen molar-refractivity contribution in [2.24, 2.45) is 5.73 Å². The zero-order valence-electron chi connectivity index (χ0n) is 8.08. The minimum absolute atomic E-state index is 0.00222. The monoisotopic (exact) mass is 205 g/mol. The molecule has 6 heteroatoms. The molecule has 2 atom stereocenters. The highest BCUT2D eigenvalue weighted by molar-refractivity contribution is 5.36. The van der Waals surface area contributed by atoms with E-state index >= 15 is 0 Å². The van der Waals surface area contributed by atoms with Crippen LogP contribution in [0.2, 0.25) is 0 Å². The van der Waals surface area contributed by atoms with E-state index in [1.54, 1.807) is 12.5 Å². The van der Waals surface area contributed by atoms with Crippen molar-refractivity contribution >= 4 is 5.65 Å². The average molecular weight is 205 g/mol.